The van der Waals surface area contributed by atoms with Gasteiger partial charge in [0.2, 0.25) is 5.95 Å². The van der Waals surface area contributed by atoms with E-state index in [4.69, 9.17) is 27.1 Å². The maximum absolute atomic E-state index is 13.5. The van der Waals surface area contributed by atoms with Crippen molar-refractivity contribution in [2.45, 2.75) is 167 Å². The minimum Gasteiger partial charge on any atom is -0.413 e. The number of carbonyl (C=O) groups is 1. The lowest BCUT2D eigenvalue weighted by Gasteiger charge is -2.60. The van der Waals surface area contributed by atoms with Gasteiger partial charge in [0.25, 0.3) is 11.5 Å². The Bertz CT molecular complexity index is 1870. The molecule has 0 saturated carbocycles. The molecule has 5 rings (SSSR count). The van der Waals surface area contributed by atoms with Gasteiger partial charge in [0, 0.05) is 25.7 Å². The monoisotopic (exact) mass is 799 g/mol. The molecule has 12 nitrogen and oxygen atoms in total. The summed E-state index contributed by atoms with van der Waals surface area (Å²) < 4.78 is 39.3. The van der Waals surface area contributed by atoms with Gasteiger partial charge < -0.3 is 22.1 Å². The van der Waals surface area contributed by atoms with Crippen molar-refractivity contribution in [3.63, 3.8) is 0 Å². The van der Waals surface area contributed by atoms with Crippen LogP contribution in [0.15, 0.2) is 41.5 Å². The van der Waals surface area contributed by atoms with Crippen LogP contribution in [0.25, 0.3) is 11.2 Å². The molecule has 300 valence electrons. The smallest absolute Gasteiger partial charge is 0.341 e. The van der Waals surface area contributed by atoms with Crippen molar-refractivity contribution in [2.24, 2.45) is 0 Å². The van der Waals surface area contributed by atoms with E-state index in [9.17, 15) is 9.59 Å². The number of anilines is 1. The van der Waals surface area contributed by atoms with E-state index < -0.39 is 71.5 Å². The van der Waals surface area contributed by atoms with Crippen LogP contribution >= 0.6 is 0 Å². The number of nitrogens with one attached hydrogen (secondary N) is 2. The Labute approximate surface area is 325 Å². The Morgan fingerprint density at radius 2 is 1.44 bits per heavy atom. The topological polar surface area (TPSA) is 139 Å². The first-order valence-electron chi connectivity index (χ1n) is 19.1. The van der Waals surface area contributed by atoms with E-state index in [0.29, 0.717) is 5.56 Å². The molecule has 1 aromatic carbocycles. The van der Waals surface area contributed by atoms with Gasteiger partial charge in [-0.1, -0.05) is 122 Å². The van der Waals surface area contributed by atoms with E-state index in [1.54, 1.807) is 35.2 Å². The summed E-state index contributed by atoms with van der Waals surface area (Å²) in [6, 6.07) is 8.77. The number of amides is 1. The molecule has 4 heterocycles. The third-order valence-corrected chi connectivity index (χ3v) is 27.3. The van der Waals surface area contributed by atoms with Crippen LogP contribution < -0.4 is 10.9 Å². The predicted octanol–water partition coefficient (Wildman–Crippen LogP) is 9.18. The number of carbonyl (C=O) groups excluding carboxylic acids is 1. The van der Waals surface area contributed by atoms with Gasteiger partial charge in [-0.2, -0.15) is 4.98 Å². The largest absolute Gasteiger partial charge is 0.413 e. The number of benzene rings is 1. The van der Waals surface area contributed by atoms with Crippen LogP contribution in [0.2, 0.25) is 38.3 Å². The van der Waals surface area contributed by atoms with Gasteiger partial charge in [-0.15, -0.1) is 0 Å². The van der Waals surface area contributed by atoms with Gasteiger partial charge in [0.05, 0.1) is 12.9 Å². The third kappa shape index (κ3) is 7.39. The Balaban J connectivity index is 1.72. The highest BCUT2D eigenvalue weighted by molar-refractivity contribution is 6.86. The van der Waals surface area contributed by atoms with E-state index in [2.05, 4.69) is 132 Å². The molecule has 0 bridgehead atoms. The fraction of sp³-hybridized carbons (Fsp3) is 0.692. The van der Waals surface area contributed by atoms with Crippen LogP contribution in [0.5, 0.6) is 0 Å². The first-order chi connectivity index (χ1) is 24.5. The van der Waals surface area contributed by atoms with Gasteiger partial charge in [0.1, 0.15) is 18.3 Å². The van der Waals surface area contributed by atoms with Crippen molar-refractivity contribution in [3.8, 4) is 0 Å². The molecular formula is C39H65N5O7Si3. The number of aromatic amines is 1. The van der Waals surface area contributed by atoms with E-state index in [1.807, 2.05) is 6.07 Å². The number of hydrogen-bond acceptors (Lipinski definition) is 9. The maximum Gasteiger partial charge on any atom is 0.341 e. The fourth-order valence-electron chi connectivity index (χ4n) is 8.09. The summed E-state index contributed by atoms with van der Waals surface area (Å²) in [6.45, 7) is 38.0. The number of H-pyrrole nitrogens is 1. The number of imidazole rings is 1. The summed E-state index contributed by atoms with van der Waals surface area (Å²) in [7, 11) is -9.03. The molecule has 2 aromatic heterocycles. The third-order valence-electron chi connectivity index (χ3n) is 11.5. The molecule has 15 heteroatoms. The minimum absolute atomic E-state index is 0.00000742. The highest BCUT2D eigenvalue weighted by atomic mass is 28.5. The standard InChI is InChI=1S/C39H65N5O7Si3/c1-35(2,3)52(16,17)49-29-28-26(23-47-53(36(4,5)6,37(7,8)9)51-54(50-28,38(10,11)12)39(13,14)15)48-33(29)44-24-40-27-30(44)41-34(43-32(27)46)42-31(45)25-21-19-18-20-22-25/h18-22,24,26,28-29,33H,23H2,1-17H3,(H2,41,42,43,45,46)/t26-,28-,29-,33-/m1/s1. The summed E-state index contributed by atoms with van der Waals surface area (Å²) in [5.74, 6) is -0.402. The van der Waals surface area contributed by atoms with Gasteiger partial charge >= 0.3 is 17.1 Å². The van der Waals surface area contributed by atoms with Crippen molar-refractivity contribution in [1.82, 2.24) is 19.5 Å². The zero-order chi connectivity index (χ0) is 40.7. The van der Waals surface area contributed by atoms with Gasteiger partial charge in [-0.3, -0.25) is 24.5 Å². The molecule has 2 fully saturated rings. The molecule has 54 heavy (non-hydrogen) atoms. The maximum atomic E-state index is 13.5. The first kappa shape index (κ1) is 42.6. The van der Waals surface area contributed by atoms with E-state index >= 15 is 0 Å². The summed E-state index contributed by atoms with van der Waals surface area (Å²) in [5, 5.41) is 1.17. The highest BCUT2D eigenvalue weighted by Gasteiger charge is 2.71. The molecule has 0 spiro atoms. The fourth-order valence-corrected chi connectivity index (χ4v) is 23.5. The minimum atomic E-state index is -3.36. The summed E-state index contributed by atoms with van der Waals surface area (Å²) in [4.78, 5) is 38.5. The van der Waals surface area contributed by atoms with Crippen LogP contribution in [0.1, 0.15) is 120 Å². The predicted molar refractivity (Wildman–Crippen MR) is 221 cm³/mol. The number of aromatic nitrogens is 4. The van der Waals surface area contributed by atoms with Gasteiger partial charge in [0.15, 0.2) is 25.7 Å². The molecule has 2 saturated heterocycles. The van der Waals surface area contributed by atoms with Gasteiger partial charge in [-0.05, 0) is 30.3 Å². The summed E-state index contributed by atoms with van der Waals surface area (Å²) in [5.41, 5.74) is 0.318. The molecule has 0 aliphatic carbocycles. The van der Waals surface area contributed by atoms with E-state index in [-0.39, 0.29) is 38.8 Å². The summed E-state index contributed by atoms with van der Waals surface area (Å²) >= 11 is 0. The molecule has 2 aliphatic rings. The van der Waals surface area contributed by atoms with Crippen molar-refractivity contribution < 1.29 is 26.9 Å². The summed E-state index contributed by atoms with van der Waals surface area (Å²) in [6.07, 6.45) is -0.990. The molecule has 2 N–H and O–H groups in total. The van der Waals surface area contributed by atoms with Crippen LogP contribution in [0.3, 0.4) is 0 Å². The molecule has 1 amide bonds. The van der Waals surface area contributed by atoms with Crippen molar-refractivity contribution in [3.05, 3.63) is 52.6 Å². The zero-order valence-corrected chi connectivity index (χ0v) is 38.7. The zero-order valence-electron chi connectivity index (χ0n) is 35.7. The number of hydrogen-bond donors (Lipinski definition) is 2. The molecule has 4 atom stereocenters. The Kier molecular flexibility index (Phi) is 10.9. The Morgan fingerprint density at radius 3 is 1.96 bits per heavy atom. The second-order valence-electron chi connectivity index (χ2n) is 20.7. The van der Waals surface area contributed by atoms with E-state index in [1.165, 1.54) is 0 Å². The van der Waals surface area contributed by atoms with Gasteiger partial charge in [-0.25, -0.2) is 4.98 Å². The SMILES string of the molecule is CC(C)(C)[Si](C)(C)O[C@@H]1[C@@H]2O[Si](C(C)(C)C)(C(C)(C)C)O[Si](C(C)(C)C)(C(C)(C)C)OC[C@H]2O[C@H]1n1cnc2c(=O)[nH]c(NC(=O)c3ccccc3)nc21. The Morgan fingerprint density at radius 1 is 0.889 bits per heavy atom. The number of rotatable bonds is 5. The lowest BCUT2D eigenvalue weighted by Crippen LogP contribution is -2.72. The lowest BCUT2D eigenvalue weighted by atomic mass is 10.1. The average molecular weight is 800 g/mol. The number of fused-ring (bicyclic) bond motifs is 2. The first-order valence-corrected chi connectivity index (χ1v) is 25.7. The molecule has 2 aliphatic heterocycles. The van der Waals surface area contributed by atoms with Crippen molar-refractivity contribution >= 4 is 48.5 Å². The normalized spacial score (nSPS) is 24.2. The van der Waals surface area contributed by atoms with Crippen LogP contribution in [0.4, 0.5) is 5.95 Å². The average Bonchev–Trinajstić information content (AvgIpc) is 3.55. The second-order valence-corrected chi connectivity index (χ2v) is 35.3. The van der Waals surface area contributed by atoms with Crippen molar-refractivity contribution in [1.29, 1.82) is 0 Å². The van der Waals surface area contributed by atoms with Crippen LogP contribution in [-0.2, 0) is 22.1 Å². The van der Waals surface area contributed by atoms with Crippen LogP contribution in [0, 0.1) is 0 Å². The van der Waals surface area contributed by atoms with Crippen molar-refractivity contribution in [2.75, 3.05) is 11.9 Å². The lowest BCUT2D eigenvalue weighted by molar-refractivity contribution is -0.0608. The van der Waals surface area contributed by atoms with E-state index in [0.717, 1.165) is 0 Å². The molecule has 0 unspecified atom stereocenters. The molecule has 0 radical (unpaired) electrons. The number of nitrogens with zero attached hydrogens (tertiary/aromatic N) is 3. The Hall–Kier alpha value is -2.51. The highest BCUT2D eigenvalue weighted by Crippen LogP contribution is 2.62. The quantitative estimate of drug-likeness (QED) is 0.242. The molecule has 3 aromatic rings. The number of ether oxygens (including phenoxy) is 1. The molecular weight excluding hydrogens is 735 g/mol. The van der Waals surface area contributed by atoms with Crippen LogP contribution in [-0.4, -0.2) is 75.8 Å². The second kappa shape index (κ2) is 13.9.